The zero-order valence-electron chi connectivity index (χ0n) is 18.0. The Bertz CT molecular complexity index is 873. The molecule has 0 aromatic heterocycles. The predicted octanol–water partition coefficient (Wildman–Crippen LogP) is 4.59. The molecule has 1 aliphatic rings. The van der Waals surface area contributed by atoms with Crippen LogP contribution in [0, 0.1) is 0 Å². The molecule has 1 fully saturated rings. The summed E-state index contributed by atoms with van der Waals surface area (Å²) >= 11 is 0. The number of amides is 2. The van der Waals surface area contributed by atoms with E-state index in [-0.39, 0.29) is 19.6 Å². The molecule has 2 aromatic rings. The number of nitrogens with zero attached hydrogens (tertiary/aromatic N) is 3. The van der Waals surface area contributed by atoms with E-state index in [2.05, 4.69) is 0 Å². The molecule has 2 aromatic carbocycles. The maximum Gasteiger partial charge on any atom is 0.433 e. The number of alkyl halides is 1. The summed E-state index contributed by atoms with van der Waals surface area (Å²) in [5.41, 5.74) is 0.885. The van der Waals surface area contributed by atoms with Crippen LogP contribution in [0.2, 0.25) is 0 Å². The van der Waals surface area contributed by atoms with Crippen LogP contribution in [0.3, 0.4) is 0 Å². The second-order valence-electron chi connectivity index (χ2n) is 8.26. The Kier molecular flexibility index (Phi) is 7.12. The van der Waals surface area contributed by atoms with Crippen molar-refractivity contribution in [3.63, 3.8) is 0 Å². The van der Waals surface area contributed by atoms with Crippen molar-refractivity contribution in [3.05, 3.63) is 66.2 Å². The van der Waals surface area contributed by atoms with E-state index in [1.165, 1.54) is 9.96 Å². The zero-order valence-corrected chi connectivity index (χ0v) is 18.0. The van der Waals surface area contributed by atoms with E-state index >= 15 is 0 Å². The Balaban J connectivity index is 1.65. The predicted molar refractivity (Wildman–Crippen MR) is 115 cm³/mol. The number of halogens is 1. The smallest absolute Gasteiger partial charge is 0.433 e. The molecule has 1 unspecified atom stereocenters. The molecule has 31 heavy (non-hydrogen) atoms. The van der Waals surface area contributed by atoms with E-state index in [0.717, 1.165) is 10.5 Å². The Morgan fingerprint density at radius 2 is 1.65 bits per heavy atom. The molecule has 0 bridgehead atoms. The third kappa shape index (κ3) is 6.42. The molecule has 0 saturated carbocycles. The maximum atomic E-state index is 14.6. The number of anilines is 1. The molecule has 0 N–H and O–H groups in total. The number of rotatable bonds is 4. The number of benzene rings is 2. The highest BCUT2D eigenvalue weighted by Crippen LogP contribution is 2.21. The standard InChI is InChI=1S/C23H28FN3O4/c1-23(2,3)30-21(28)26-15-14-25(17-20(26)24)31-22(29)27(19-12-8-5-9-13-19)16-18-10-6-4-7-11-18/h4-13,20H,14-17H2,1-3H3. The number of carbonyl (C=O) groups excluding carboxylic acids is 2. The average Bonchev–Trinajstić information content (AvgIpc) is 2.72. The number of ether oxygens (including phenoxy) is 1. The van der Waals surface area contributed by atoms with Gasteiger partial charge in [-0.05, 0) is 38.5 Å². The van der Waals surface area contributed by atoms with Gasteiger partial charge in [-0.25, -0.2) is 14.0 Å². The molecule has 1 heterocycles. The molecule has 2 amide bonds. The van der Waals surface area contributed by atoms with Gasteiger partial charge in [0.2, 0.25) is 0 Å². The van der Waals surface area contributed by atoms with Gasteiger partial charge in [0, 0.05) is 12.2 Å². The van der Waals surface area contributed by atoms with Gasteiger partial charge in [-0.3, -0.25) is 9.80 Å². The van der Waals surface area contributed by atoms with Crippen LogP contribution < -0.4 is 4.90 Å². The van der Waals surface area contributed by atoms with E-state index in [0.29, 0.717) is 12.2 Å². The molecule has 0 radical (unpaired) electrons. The molecule has 3 rings (SSSR count). The minimum Gasteiger partial charge on any atom is -0.444 e. The lowest BCUT2D eigenvalue weighted by atomic mass is 10.2. The third-order valence-corrected chi connectivity index (χ3v) is 4.59. The van der Waals surface area contributed by atoms with Crippen LogP contribution in [-0.4, -0.2) is 53.7 Å². The molecule has 1 atom stereocenters. The fraction of sp³-hybridized carbons (Fsp3) is 0.391. The SMILES string of the molecule is CC(C)(C)OC(=O)N1CCN(OC(=O)N(Cc2ccccc2)c2ccccc2)CC1F. The van der Waals surface area contributed by atoms with Gasteiger partial charge in [-0.15, -0.1) is 5.06 Å². The second kappa shape index (κ2) is 9.78. The van der Waals surface area contributed by atoms with E-state index in [4.69, 9.17) is 9.57 Å². The van der Waals surface area contributed by atoms with Gasteiger partial charge < -0.3 is 9.57 Å². The largest absolute Gasteiger partial charge is 0.444 e. The number of hydrogen-bond donors (Lipinski definition) is 0. The molecule has 0 spiro atoms. The van der Waals surface area contributed by atoms with Crippen molar-refractivity contribution in [2.45, 2.75) is 39.2 Å². The van der Waals surface area contributed by atoms with Crippen LogP contribution in [0.1, 0.15) is 26.3 Å². The maximum absolute atomic E-state index is 14.6. The normalized spacial score (nSPS) is 17.2. The summed E-state index contributed by atoms with van der Waals surface area (Å²) in [6, 6.07) is 18.7. The summed E-state index contributed by atoms with van der Waals surface area (Å²) < 4.78 is 19.9. The summed E-state index contributed by atoms with van der Waals surface area (Å²) in [4.78, 5) is 33.1. The lowest BCUT2D eigenvalue weighted by Gasteiger charge is -2.37. The lowest BCUT2D eigenvalue weighted by Crippen LogP contribution is -2.55. The number of piperazine rings is 1. The first-order valence-corrected chi connectivity index (χ1v) is 10.2. The summed E-state index contributed by atoms with van der Waals surface area (Å²) in [5.74, 6) is 0. The summed E-state index contributed by atoms with van der Waals surface area (Å²) in [6.07, 6.45) is -2.98. The Morgan fingerprint density at radius 1 is 1.03 bits per heavy atom. The minimum atomic E-state index is -1.64. The first kappa shape index (κ1) is 22.6. The van der Waals surface area contributed by atoms with Gasteiger partial charge in [0.1, 0.15) is 5.60 Å². The Hall–Kier alpha value is -3.13. The van der Waals surface area contributed by atoms with Crippen molar-refractivity contribution in [1.82, 2.24) is 9.96 Å². The highest BCUT2D eigenvalue weighted by Gasteiger charge is 2.35. The highest BCUT2D eigenvalue weighted by atomic mass is 19.1. The second-order valence-corrected chi connectivity index (χ2v) is 8.26. The Morgan fingerprint density at radius 3 is 2.23 bits per heavy atom. The molecular weight excluding hydrogens is 401 g/mol. The molecule has 8 heteroatoms. The fourth-order valence-corrected chi connectivity index (χ4v) is 3.12. The van der Waals surface area contributed by atoms with Crippen molar-refractivity contribution in [2.24, 2.45) is 0 Å². The number of para-hydroxylation sites is 1. The number of hydrogen-bond acceptors (Lipinski definition) is 5. The summed E-state index contributed by atoms with van der Waals surface area (Å²) in [6.45, 7) is 5.45. The number of hydroxylamine groups is 2. The van der Waals surface area contributed by atoms with Crippen molar-refractivity contribution >= 4 is 17.9 Å². The average molecular weight is 429 g/mol. The van der Waals surface area contributed by atoms with Crippen LogP contribution in [0.4, 0.5) is 19.7 Å². The van der Waals surface area contributed by atoms with Crippen LogP contribution in [-0.2, 0) is 16.1 Å². The van der Waals surface area contributed by atoms with Gasteiger partial charge >= 0.3 is 12.2 Å². The van der Waals surface area contributed by atoms with E-state index < -0.39 is 24.1 Å². The van der Waals surface area contributed by atoms with Crippen molar-refractivity contribution in [3.8, 4) is 0 Å². The van der Waals surface area contributed by atoms with Crippen molar-refractivity contribution < 1.29 is 23.6 Å². The molecule has 166 valence electrons. The van der Waals surface area contributed by atoms with Gasteiger partial charge in [-0.1, -0.05) is 48.5 Å². The van der Waals surface area contributed by atoms with Gasteiger partial charge in [0.05, 0.1) is 19.6 Å². The molecule has 0 aliphatic carbocycles. The lowest BCUT2D eigenvalue weighted by molar-refractivity contribution is -0.152. The van der Waals surface area contributed by atoms with Crippen molar-refractivity contribution in [1.29, 1.82) is 0 Å². The fourth-order valence-electron chi connectivity index (χ4n) is 3.12. The van der Waals surface area contributed by atoms with Crippen molar-refractivity contribution in [2.75, 3.05) is 24.5 Å². The first-order valence-electron chi connectivity index (χ1n) is 10.2. The summed E-state index contributed by atoms with van der Waals surface area (Å²) in [7, 11) is 0. The monoisotopic (exact) mass is 429 g/mol. The van der Waals surface area contributed by atoms with Crippen LogP contribution in [0.5, 0.6) is 0 Å². The van der Waals surface area contributed by atoms with Gasteiger partial charge in [0.15, 0.2) is 6.30 Å². The molecule has 1 saturated heterocycles. The van der Waals surface area contributed by atoms with E-state index in [1.54, 1.807) is 20.8 Å². The topological polar surface area (TPSA) is 62.3 Å². The molecule has 7 nitrogen and oxygen atoms in total. The van der Waals surface area contributed by atoms with Crippen LogP contribution in [0.25, 0.3) is 0 Å². The first-order chi connectivity index (χ1) is 14.7. The highest BCUT2D eigenvalue weighted by molar-refractivity contribution is 5.87. The van der Waals surface area contributed by atoms with Crippen LogP contribution in [0.15, 0.2) is 60.7 Å². The molecular formula is C23H28FN3O4. The molecule has 1 aliphatic heterocycles. The van der Waals surface area contributed by atoms with E-state index in [1.807, 2.05) is 60.7 Å². The number of carbonyl (C=O) groups is 2. The minimum absolute atomic E-state index is 0.0490. The Labute approximate surface area is 181 Å². The van der Waals surface area contributed by atoms with Crippen LogP contribution >= 0.6 is 0 Å². The zero-order chi connectivity index (χ0) is 22.4. The van der Waals surface area contributed by atoms with Gasteiger partial charge in [0.25, 0.3) is 0 Å². The third-order valence-electron chi connectivity index (χ3n) is 4.59. The quantitative estimate of drug-likeness (QED) is 0.665. The van der Waals surface area contributed by atoms with Gasteiger partial charge in [-0.2, -0.15) is 0 Å². The summed E-state index contributed by atoms with van der Waals surface area (Å²) in [5, 5.41) is 1.24. The van der Waals surface area contributed by atoms with E-state index in [9.17, 15) is 14.0 Å².